The van der Waals surface area contributed by atoms with E-state index in [1.54, 1.807) is 29.5 Å². The van der Waals surface area contributed by atoms with Gasteiger partial charge in [0.1, 0.15) is 0 Å². The van der Waals surface area contributed by atoms with E-state index >= 15 is 0 Å². The van der Waals surface area contributed by atoms with Gasteiger partial charge < -0.3 is 15.5 Å². The third kappa shape index (κ3) is 7.11. The number of amides is 2. The zero-order chi connectivity index (χ0) is 22.9. The average Bonchev–Trinajstić information content (AvgIpc) is 3.37. The maximum absolute atomic E-state index is 12.6. The summed E-state index contributed by atoms with van der Waals surface area (Å²) in [6, 6.07) is 19.6. The summed E-state index contributed by atoms with van der Waals surface area (Å²) in [5.41, 5.74) is 3.49. The fourth-order valence-electron chi connectivity index (χ4n) is 3.77. The topological polar surface area (TPSA) is 61.4 Å². The van der Waals surface area contributed by atoms with Crippen LogP contribution in [-0.2, 0) is 17.8 Å². The van der Waals surface area contributed by atoms with Crippen molar-refractivity contribution in [3.8, 4) is 0 Å². The zero-order valence-corrected chi connectivity index (χ0v) is 20.2. The molecule has 0 radical (unpaired) electrons. The number of hydrogen-bond acceptors (Lipinski definition) is 5. The molecule has 0 aliphatic carbocycles. The zero-order valence-electron chi connectivity index (χ0n) is 18.6. The first kappa shape index (κ1) is 23.4. The van der Waals surface area contributed by atoms with Gasteiger partial charge in [-0.2, -0.15) is 11.8 Å². The van der Waals surface area contributed by atoms with Gasteiger partial charge in [0, 0.05) is 59.4 Å². The van der Waals surface area contributed by atoms with Crippen LogP contribution in [0.5, 0.6) is 0 Å². The molecule has 2 amide bonds. The Hall–Kier alpha value is -2.77. The molecule has 0 bridgehead atoms. The number of benzene rings is 2. The fourth-order valence-corrected chi connectivity index (χ4v) is 5.42. The Balaban J connectivity index is 1.24. The lowest BCUT2D eigenvalue weighted by Crippen LogP contribution is -2.32. The number of carbonyl (C=O) groups excluding carboxylic acids is 2. The molecule has 2 aromatic carbocycles. The van der Waals surface area contributed by atoms with E-state index in [0.717, 1.165) is 31.5 Å². The van der Waals surface area contributed by atoms with Gasteiger partial charge in [-0.1, -0.05) is 24.3 Å². The van der Waals surface area contributed by atoms with E-state index in [2.05, 4.69) is 51.2 Å². The molecule has 2 N–H and O–H groups in total. The molecule has 1 saturated heterocycles. The van der Waals surface area contributed by atoms with Crippen LogP contribution in [0.4, 0.5) is 11.4 Å². The minimum Gasteiger partial charge on any atom is -0.370 e. The summed E-state index contributed by atoms with van der Waals surface area (Å²) in [4.78, 5) is 28.6. The van der Waals surface area contributed by atoms with Crippen LogP contribution < -0.4 is 15.5 Å². The van der Waals surface area contributed by atoms with Crippen LogP contribution in [0, 0.1) is 0 Å². The maximum atomic E-state index is 12.6. The van der Waals surface area contributed by atoms with Crippen LogP contribution in [0.2, 0.25) is 0 Å². The van der Waals surface area contributed by atoms with Crippen molar-refractivity contribution in [2.75, 3.05) is 34.8 Å². The summed E-state index contributed by atoms with van der Waals surface area (Å²) >= 11 is 3.72. The van der Waals surface area contributed by atoms with Crippen molar-refractivity contribution in [1.82, 2.24) is 5.32 Å². The quantitative estimate of drug-likeness (QED) is 0.443. The van der Waals surface area contributed by atoms with E-state index in [1.807, 2.05) is 23.9 Å². The number of thioether (sulfide) groups is 1. The predicted octanol–water partition coefficient (Wildman–Crippen LogP) is 5.19. The number of nitrogens with zero attached hydrogens (tertiary/aromatic N) is 1. The number of hydrogen-bond donors (Lipinski definition) is 2. The summed E-state index contributed by atoms with van der Waals surface area (Å²) in [7, 11) is 0. The second kappa shape index (κ2) is 11.9. The lowest BCUT2D eigenvalue weighted by molar-refractivity contribution is -0.116. The number of aryl methyl sites for hydroxylation is 1. The molecular weight excluding hydrogens is 450 g/mol. The van der Waals surface area contributed by atoms with Crippen molar-refractivity contribution in [1.29, 1.82) is 0 Å². The molecule has 3 aromatic rings. The summed E-state index contributed by atoms with van der Waals surface area (Å²) in [5.74, 6) is 2.16. The Kier molecular flexibility index (Phi) is 8.44. The normalized spacial score (nSPS) is 13.5. The molecule has 4 rings (SSSR count). The molecule has 1 fully saturated rings. The highest BCUT2D eigenvalue weighted by Gasteiger charge is 2.12. The van der Waals surface area contributed by atoms with E-state index < -0.39 is 0 Å². The molecule has 1 aliphatic heterocycles. The van der Waals surface area contributed by atoms with E-state index in [0.29, 0.717) is 24.2 Å². The lowest BCUT2D eigenvalue weighted by atomic mass is 10.1. The summed E-state index contributed by atoms with van der Waals surface area (Å²) < 4.78 is 0. The second-order valence-corrected chi connectivity index (χ2v) is 10.3. The van der Waals surface area contributed by atoms with Gasteiger partial charge in [-0.3, -0.25) is 9.59 Å². The third-order valence-corrected chi connectivity index (χ3v) is 7.46. The molecule has 0 saturated carbocycles. The van der Waals surface area contributed by atoms with Gasteiger partial charge in [-0.25, -0.2) is 0 Å². The van der Waals surface area contributed by atoms with Crippen LogP contribution in [-0.4, -0.2) is 36.4 Å². The van der Waals surface area contributed by atoms with Crippen molar-refractivity contribution < 1.29 is 9.59 Å². The maximum Gasteiger partial charge on any atom is 0.251 e. The molecule has 0 unspecified atom stereocenters. The number of anilines is 2. The number of thiophene rings is 1. The molecular formula is C26H29N3O2S2. The van der Waals surface area contributed by atoms with Gasteiger partial charge in [-0.05, 0) is 60.2 Å². The molecule has 7 heteroatoms. The minimum atomic E-state index is -0.152. The second-order valence-electron chi connectivity index (χ2n) is 8.01. The van der Waals surface area contributed by atoms with Crippen molar-refractivity contribution in [2.45, 2.75) is 25.8 Å². The van der Waals surface area contributed by atoms with E-state index in [9.17, 15) is 9.59 Å². The number of rotatable bonds is 9. The Morgan fingerprint density at radius 2 is 1.79 bits per heavy atom. The molecule has 0 spiro atoms. The standard InChI is InChI=1S/C26H29N3O2S2/c30-25(8-2-6-24-7-3-15-33-24)28-22-5-1-4-21(18-22)26(31)27-19-20-9-11-23(12-10-20)29-13-16-32-17-14-29/h1,3-5,7,9-12,15,18H,2,6,8,13-14,16-17,19H2,(H,27,31)(H,28,30). The average molecular weight is 480 g/mol. The van der Waals surface area contributed by atoms with Gasteiger partial charge in [0.05, 0.1) is 0 Å². The van der Waals surface area contributed by atoms with E-state index in [1.165, 1.54) is 22.1 Å². The largest absolute Gasteiger partial charge is 0.370 e. The fraction of sp³-hybridized carbons (Fsp3) is 0.308. The van der Waals surface area contributed by atoms with Gasteiger partial charge in [-0.15, -0.1) is 11.3 Å². The first-order valence-corrected chi connectivity index (χ1v) is 13.3. The highest BCUT2D eigenvalue weighted by Crippen LogP contribution is 2.20. The molecule has 172 valence electrons. The van der Waals surface area contributed by atoms with Gasteiger partial charge in [0.2, 0.25) is 5.91 Å². The Morgan fingerprint density at radius 1 is 0.970 bits per heavy atom. The Morgan fingerprint density at radius 3 is 2.55 bits per heavy atom. The van der Waals surface area contributed by atoms with Crippen LogP contribution in [0.1, 0.15) is 33.6 Å². The first-order valence-electron chi connectivity index (χ1n) is 11.3. The van der Waals surface area contributed by atoms with Crippen molar-refractivity contribution in [2.24, 2.45) is 0 Å². The lowest BCUT2D eigenvalue weighted by Gasteiger charge is -2.28. The van der Waals surface area contributed by atoms with Crippen molar-refractivity contribution in [3.63, 3.8) is 0 Å². The van der Waals surface area contributed by atoms with Gasteiger partial charge in [0.15, 0.2) is 0 Å². The SMILES string of the molecule is O=C(CCCc1cccs1)Nc1cccc(C(=O)NCc2ccc(N3CCSCC3)cc2)c1. The molecule has 0 atom stereocenters. The van der Waals surface area contributed by atoms with Crippen LogP contribution in [0.15, 0.2) is 66.0 Å². The third-order valence-electron chi connectivity index (χ3n) is 5.58. The summed E-state index contributed by atoms with van der Waals surface area (Å²) in [6.07, 6.45) is 2.17. The molecule has 5 nitrogen and oxygen atoms in total. The van der Waals surface area contributed by atoms with Crippen molar-refractivity contribution in [3.05, 3.63) is 82.0 Å². The molecule has 1 aliphatic rings. The Bertz CT molecular complexity index is 1050. The van der Waals surface area contributed by atoms with Crippen LogP contribution in [0.25, 0.3) is 0 Å². The molecule has 1 aromatic heterocycles. The number of carbonyl (C=O) groups is 2. The molecule has 2 heterocycles. The predicted molar refractivity (Wildman–Crippen MR) is 139 cm³/mol. The highest BCUT2D eigenvalue weighted by molar-refractivity contribution is 7.99. The first-order chi connectivity index (χ1) is 16.2. The van der Waals surface area contributed by atoms with Gasteiger partial charge >= 0.3 is 0 Å². The van der Waals surface area contributed by atoms with E-state index in [-0.39, 0.29) is 11.8 Å². The van der Waals surface area contributed by atoms with E-state index in [4.69, 9.17) is 0 Å². The van der Waals surface area contributed by atoms with Crippen molar-refractivity contribution >= 4 is 46.3 Å². The van der Waals surface area contributed by atoms with Crippen LogP contribution in [0.3, 0.4) is 0 Å². The van der Waals surface area contributed by atoms with Gasteiger partial charge in [0.25, 0.3) is 5.91 Å². The van der Waals surface area contributed by atoms with Crippen LogP contribution >= 0.6 is 23.1 Å². The summed E-state index contributed by atoms with van der Waals surface area (Å²) in [5, 5.41) is 7.94. The smallest absolute Gasteiger partial charge is 0.251 e. The molecule has 33 heavy (non-hydrogen) atoms. The summed E-state index contributed by atoms with van der Waals surface area (Å²) in [6.45, 7) is 2.64. The monoisotopic (exact) mass is 479 g/mol. The Labute approximate surface area is 203 Å². The highest BCUT2D eigenvalue weighted by atomic mass is 32.2. The minimum absolute atomic E-state index is 0.0310. The number of nitrogens with one attached hydrogen (secondary N) is 2.